The lowest BCUT2D eigenvalue weighted by Gasteiger charge is -2.42. The number of carbonyl (C=O) groups excluding carboxylic acids is 2. The molecule has 0 amide bonds. The van der Waals surface area contributed by atoms with Crippen molar-refractivity contribution in [1.82, 2.24) is 0 Å². The van der Waals surface area contributed by atoms with Crippen LogP contribution in [0.3, 0.4) is 0 Å². The maximum Gasteiger partial charge on any atom is 0.306 e. The first-order chi connectivity index (χ1) is 34.0. The molecule has 0 aliphatic carbocycles. The molecule has 2 aliphatic heterocycles. The number of ether oxygens (including phenoxy) is 6. The third kappa shape index (κ3) is 29.0. The van der Waals surface area contributed by atoms with E-state index in [-0.39, 0.29) is 19.4 Å². The van der Waals surface area contributed by atoms with Crippen molar-refractivity contribution < 1.29 is 73.8 Å². The molecule has 4 unspecified atom stereocenters. The minimum Gasteiger partial charge on any atom is -0.462 e. The van der Waals surface area contributed by atoms with Crippen LogP contribution in [0.15, 0.2) is 60.8 Å². The number of aliphatic hydroxyl groups excluding tert-OH is 7. The highest BCUT2D eigenvalue weighted by Crippen LogP contribution is 2.26. The molecule has 15 nitrogen and oxygen atoms in total. The van der Waals surface area contributed by atoms with Crippen LogP contribution < -0.4 is 0 Å². The second kappa shape index (κ2) is 41.6. The highest BCUT2D eigenvalue weighted by molar-refractivity contribution is 5.70. The van der Waals surface area contributed by atoms with E-state index in [9.17, 15) is 45.3 Å². The van der Waals surface area contributed by atoms with E-state index in [1.165, 1.54) is 77.0 Å². The van der Waals surface area contributed by atoms with Gasteiger partial charge in [-0.15, -0.1) is 0 Å². The van der Waals surface area contributed by atoms with Gasteiger partial charge in [-0.3, -0.25) is 9.59 Å². The van der Waals surface area contributed by atoms with E-state index in [1.54, 1.807) is 0 Å². The number of unbranched alkanes of at least 4 members (excludes halogenated alkanes) is 17. The average Bonchev–Trinajstić information content (AvgIpc) is 3.35. The Morgan fingerprint density at radius 1 is 0.457 bits per heavy atom. The fourth-order valence-corrected chi connectivity index (χ4v) is 8.03. The third-order valence-electron chi connectivity index (χ3n) is 12.5. The smallest absolute Gasteiger partial charge is 0.306 e. The van der Waals surface area contributed by atoms with E-state index < -0.39 is 99.3 Å². The largest absolute Gasteiger partial charge is 0.462 e. The Bertz CT molecular complexity index is 1450. The normalized spacial score (nSPS) is 25.8. The summed E-state index contributed by atoms with van der Waals surface area (Å²) in [5, 5.41) is 72.1. The summed E-state index contributed by atoms with van der Waals surface area (Å²) in [6.45, 7) is 2.50. The van der Waals surface area contributed by atoms with Gasteiger partial charge >= 0.3 is 11.9 Å². The molecular formula is C55H94O15. The number of esters is 2. The predicted octanol–water partition coefficient (Wildman–Crippen LogP) is 8.05. The molecular weight excluding hydrogens is 901 g/mol. The van der Waals surface area contributed by atoms with Gasteiger partial charge in [0.1, 0.15) is 55.4 Å². The second-order valence-corrected chi connectivity index (χ2v) is 18.7. The first kappa shape index (κ1) is 63.3. The molecule has 0 saturated carbocycles. The molecule has 2 rings (SSSR count). The van der Waals surface area contributed by atoms with E-state index in [1.807, 2.05) is 6.08 Å². The van der Waals surface area contributed by atoms with Crippen LogP contribution in [0.2, 0.25) is 0 Å². The minimum atomic E-state index is -1.78. The highest BCUT2D eigenvalue weighted by Gasteiger charge is 2.47. The standard InChI is InChI=1S/C55H94O15/c1-3-5-7-9-11-13-15-17-19-21-23-25-27-29-31-33-35-37-46(57)65-40-43(68-47(58)38-36-34-32-30-28-26-24-22-20-18-16-14-12-10-8-6-4-2)41-66-54-53(64)51(62)49(60)45(70-54)42-67-55-52(63)50(61)48(59)44(39-56)69-55/h11,13,17-20,23,25,29,31,43-45,48-56,59-64H,3-10,12,14-16,21-22,24,26-28,30,32-42H2,1-2H3/b13-11+,19-17+,20-18+,25-23+,31-29+/t43-,44+,45+,48-,49-,50?,51?,52?,53?,54+,55+/m0/s1. The zero-order chi connectivity index (χ0) is 51.0. The van der Waals surface area contributed by atoms with E-state index in [0.29, 0.717) is 19.3 Å². The fraction of sp³-hybridized carbons (Fsp3) is 0.782. The summed E-state index contributed by atoms with van der Waals surface area (Å²) in [5.74, 6) is -0.997. The first-order valence-electron chi connectivity index (χ1n) is 26.9. The van der Waals surface area contributed by atoms with Gasteiger partial charge in [0.25, 0.3) is 0 Å². The van der Waals surface area contributed by atoms with Gasteiger partial charge in [-0.1, -0.05) is 152 Å². The molecule has 0 radical (unpaired) electrons. The topological polar surface area (TPSA) is 231 Å². The van der Waals surface area contributed by atoms with Crippen molar-refractivity contribution in [2.24, 2.45) is 0 Å². The van der Waals surface area contributed by atoms with Gasteiger partial charge in [0, 0.05) is 12.8 Å². The van der Waals surface area contributed by atoms with Gasteiger partial charge in [-0.2, -0.15) is 0 Å². The van der Waals surface area contributed by atoms with Crippen molar-refractivity contribution in [3.63, 3.8) is 0 Å². The van der Waals surface area contributed by atoms with Crippen LogP contribution in [-0.2, 0) is 38.0 Å². The van der Waals surface area contributed by atoms with E-state index >= 15 is 0 Å². The molecule has 0 bridgehead atoms. The monoisotopic (exact) mass is 995 g/mol. The number of aliphatic hydroxyl groups is 7. The molecule has 0 spiro atoms. The molecule has 404 valence electrons. The van der Waals surface area contributed by atoms with Crippen LogP contribution in [0.25, 0.3) is 0 Å². The molecule has 0 aromatic rings. The lowest BCUT2D eigenvalue weighted by Crippen LogP contribution is -2.61. The summed E-state index contributed by atoms with van der Waals surface area (Å²) >= 11 is 0. The lowest BCUT2D eigenvalue weighted by molar-refractivity contribution is -0.332. The molecule has 11 atom stereocenters. The summed E-state index contributed by atoms with van der Waals surface area (Å²) in [5.41, 5.74) is 0. The van der Waals surface area contributed by atoms with Crippen molar-refractivity contribution >= 4 is 11.9 Å². The van der Waals surface area contributed by atoms with Crippen LogP contribution in [0.1, 0.15) is 181 Å². The molecule has 0 aromatic heterocycles. The molecule has 2 fully saturated rings. The highest BCUT2D eigenvalue weighted by atomic mass is 16.7. The maximum atomic E-state index is 13.0. The molecule has 7 N–H and O–H groups in total. The first-order valence-corrected chi connectivity index (χ1v) is 26.9. The van der Waals surface area contributed by atoms with E-state index in [0.717, 1.165) is 57.8 Å². The van der Waals surface area contributed by atoms with Crippen LogP contribution in [0.5, 0.6) is 0 Å². The van der Waals surface area contributed by atoms with Gasteiger partial charge in [0.15, 0.2) is 18.7 Å². The number of carbonyl (C=O) groups is 2. The SMILES string of the molecule is CCCCC/C=C/C/C=C/C/C=C/C/C=C/CCCC(=O)OC[C@@H](CO[C@@H]1O[C@H](CO[C@@H]2O[C@H](CO)[C@H](O)C(O)C2O)[C@H](O)C(O)C1O)OC(=O)CCCCCCCCC/C=C/CCCCCCCC. The summed E-state index contributed by atoms with van der Waals surface area (Å²) in [6.07, 6.45) is 31.0. The summed E-state index contributed by atoms with van der Waals surface area (Å²) < 4.78 is 33.5. The third-order valence-corrected chi connectivity index (χ3v) is 12.5. The van der Waals surface area contributed by atoms with Crippen LogP contribution in [0.4, 0.5) is 0 Å². The van der Waals surface area contributed by atoms with Crippen molar-refractivity contribution in [1.29, 1.82) is 0 Å². The number of allylic oxidation sites excluding steroid dienone is 10. The van der Waals surface area contributed by atoms with E-state index in [4.69, 9.17) is 28.4 Å². The van der Waals surface area contributed by atoms with Gasteiger partial charge in [-0.05, 0) is 77.0 Å². The Hall–Kier alpha value is -2.80. The number of rotatable bonds is 41. The maximum absolute atomic E-state index is 13.0. The van der Waals surface area contributed by atoms with Crippen molar-refractivity contribution in [3.8, 4) is 0 Å². The second-order valence-electron chi connectivity index (χ2n) is 18.7. The predicted molar refractivity (Wildman–Crippen MR) is 270 cm³/mol. The molecule has 2 heterocycles. The van der Waals surface area contributed by atoms with Crippen LogP contribution >= 0.6 is 0 Å². The summed E-state index contributed by atoms with van der Waals surface area (Å²) in [7, 11) is 0. The van der Waals surface area contributed by atoms with Gasteiger partial charge in [0.2, 0.25) is 0 Å². The van der Waals surface area contributed by atoms with Crippen molar-refractivity contribution in [3.05, 3.63) is 60.8 Å². The zero-order valence-corrected chi connectivity index (χ0v) is 42.7. The molecule has 15 heteroatoms. The number of hydrogen-bond acceptors (Lipinski definition) is 15. The van der Waals surface area contributed by atoms with Crippen molar-refractivity contribution in [2.45, 2.75) is 248 Å². The average molecular weight is 995 g/mol. The number of hydrogen-bond donors (Lipinski definition) is 7. The Labute approximate surface area is 420 Å². The summed E-state index contributed by atoms with van der Waals surface area (Å²) in [6, 6.07) is 0. The zero-order valence-electron chi connectivity index (χ0n) is 42.7. The Balaban J connectivity index is 1.82. The fourth-order valence-electron chi connectivity index (χ4n) is 8.03. The molecule has 70 heavy (non-hydrogen) atoms. The Morgan fingerprint density at radius 3 is 1.43 bits per heavy atom. The molecule has 2 aliphatic rings. The van der Waals surface area contributed by atoms with Gasteiger partial charge in [0.05, 0.1) is 19.8 Å². The Kier molecular flexibility index (Phi) is 37.7. The molecule has 0 aromatic carbocycles. The Morgan fingerprint density at radius 2 is 0.871 bits per heavy atom. The summed E-state index contributed by atoms with van der Waals surface area (Å²) in [4.78, 5) is 25.8. The van der Waals surface area contributed by atoms with Gasteiger partial charge < -0.3 is 64.2 Å². The van der Waals surface area contributed by atoms with Crippen LogP contribution in [-0.4, -0.2) is 142 Å². The minimum absolute atomic E-state index is 0.139. The van der Waals surface area contributed by atoms with Gasteiger partial charge in [-0.25, -0.2) is 0 Å². The van der Waals surface area contributed by atoms with Crippen LogP contribution in [0, 0.1) is 0 Å². The van der Waals surface area contributed by atoms with E-state index in [2.05, 4.69) is 68.5 Å². The lowest BCUT2D eigenvalue weighted by atomic mass is 9.98. The molecule has 2 saturated heterocycles. The van der Waals surface area contributed by atoms with Crippen molar-refractivity contribution in [2.75, 3.05) is 26.4 Å². The quantitative estimate of drug-likeness (QED) is 0.0175.